The summed E-state index contributed by atoms with van der Waals surface area (Å²) in [6, 6.07) is 10.6. The lowest BCUT2D eigenvalue weighted by Gasteiger charge is -2.26. The molecule has 2 aromatic rings. The second kappa shape index (κ2) is 5.86. The number of nitrogens with two attached hydrogens (primary N) is 1. The molecule has 1 saturated heterocycles. The van der Waals surface area contributed by atoms with Gasteiger partial charge in [-0.3, -0.25) is 4.79 Å². The molecular weight excluding hydrogens is 320 g/mol. The van der Waals surface area contributed by atoms with Crippen LogP contribution in [-0.4, -0.2) is 48.5 Å². The van der Waals surface area contributed by atoms with Gasteiger partial charge in [0.25, 0.3) is 5.91 Å². The predicted molar refractivity (Wildman–Crippen MR) is 97.4 cm³/mol. The highest BCUT2D eigenvalue weighted by Crippen LogP contribution is 2.48. The maximum Gasteiger partial charge on any atom is 0.274 e. The van der Waals surface area contributed by atoms with Crippen molar-refractivity contribution in [1.82, 2.24) is 9.88 Å². The van der Waals surface area contributed by atoms with Gasteiger partial charge < -0.3 is 15.5 Å². The molecule has 24 heavy (non-hydrogen) atoms. The average molecular weight is 342 g/mol. The number of anilines is 1. The SMILES string of the molecule is CN(C)c1nc(C(=O)N2[C@H](CN)C[C@@H]3C[C@@H]32)c(-c2ccccc2)s1. The Labute approximate surface area is 146 Å². The van der Waals surface area contributed by atoms with Crippen LogP contribution in [-0.2, 0) is 0 Å². The molecule has 3 atom stereocenters. The number of likely N-dealkylation sites (tertiary alicyclic amines) is 1. The highest BCUT2D eigenvalue weighted by Gasteiger charge is 2.54. The number of thiazole rings is 1. The average Bonchev–Trinajstić information content (AvgIpc) is 3.07. The minimum absolute atomic E-state index is 0.0404. The van der Waals surface area contributed by atoms with Crippen LogP contribution in [0.4, 0.5) is 5.13 Å². The van der Waals surface area contributed by atoms with Gasteiger partial charge in [-0.25, -0.2) is 4.98 Å². The summed E-state index contributed by atoms with van der Waals surface area (Å²) in [5.74, 6) is 0.688. The van der Waals surface area contributed by atoms with Gasteiger partial charge in [0.15, 0.2) is 5.13 Å². The molecule has 1 aromatic carbocycles. The number of fused-ring (bicyclic) bond motifs is 1. The molecule has 1 aromatic heterocycles. The van der Waals surface area contributed by atoms with Crippen LogP contribution in [0.3, 0.4) is 0 Å². The van der Waals surface area contributed by atoms with Gasteiger partial charge in [0.05, 0.1) is 4.88 Å². The third-order valence-electron chi connectivity index (χ3n) is 4.95. The van der Waals surface area contributed by atoms with Crippen LogP contribution in [0.2, 0.25) is 0 Å². The number of benzene rings is 1. The zero-order valence-corrected chi connectivity index (χ0v) is 14.8. The van der Waals surface area contributed by atoms with Crippen molar-refractivity contribution in [2.24, 2.45) is 11.7 Å². The van der Waals surface area contributed by atoms with Crippen molar-refractivity contribution < 1.29 is 4.79 Å². The predicted octanol–water partition coefficient (Wildman–Crippen LogP) is 2.44. The number of amides is 1. The van der Waals surface area contributed by atoms with E-state index in [4.69, 9.17) is 5.73 Å². The lowest BCUT2D eigenvalue weighted by Crippen LogP contribution is -2.42. The third-order valence-corrected chi connectivity index (χ3v) is 6.23. The molecule has 2 aliphatic rings. The molecule has 2 fully saturated rings. The largest absolute Gasteiger partial charge is 0.354 e. The Morgan fingerprint density at radius 3 is 2.75 bits per heavy atom. The highest BCUT2D eigenvalue weighted by atomic mass is 32.1. The van der Waals surface area contributed by atoms with E-state index in [-0.39, 0.29) is 11.9 Å². The van der Waals surface area contributed by atoms with Crippen LogP contribution in [0.25, 0.3) is 10.4 Å². The fraction of sp³-hybridized carbons (Fsp3) is 0.444. The standard InChI is InChI=1S/C18H22N4OS/c1-21(2)18-20-15(16(24-18)11-6-4-3-5-7-11)17(23)22-13(10-19)8-12-9-14(12)22/h3-7,12-14H,8-10,19H2,1-2H3/t12-,13+,14+/m1/s1. The summed E-state index contributed by atoms with van der Waals surface area (Å²) in [4.78, 5) is 22.9. The molecule has 1 aliphatic heterocycles. The summed E-state index contributed by atoms with van der Waals surface area (Å²) in [5.41, 5.74) is 7.52. The maximum atomic E-state index is 13.3. The van der Waals surface area contributed by atoms with Gasteiger partial charge >= 0.3 is 0 Å². The highest BCUT2D eigenvalue weighted by molar-refractivity contribution is 7.19. The van der Waals surface area contributed by atoms with Crippen LogP contribution in [0.1, 0.15) is 23.3 Å². The molecule has 0 bridgehead atoms. The van der Waals surface area contributed by atoms with E-state index in [1.807, 2.05) is 54.2 Å². The Morgan fingerprint density at radius 2 is 2.08 bits per heavy atom. The Bertz CT molecular complexity index is 758. The third kappa shape index (κ3) is 2.50. The van der Waals surface area contributed by atoms with Crippen LogP contribution >= 0.6 is 11.3 Å². The Kier molecular flexibility index (Phi) is 3.81. The van der Waals surface area contributed by atoms with Gasteiger partial charge in [0, 0.05) is 32.7 Å². The van der Waals surface area contributed by atoms with Crippen LogP contribution in [0.5, 0.6) is 0 Å². The van der Waals surface area contributed by atoms with Gasteiger partial charge in [0.2, 0.25) is 0 Å². The van der Waals surface area contributed by atoms with E-state index < -0.39 is 0 Å². The van der Waals surface area contributed by atoms with Crippen molar-refractivity contribution in [2.45, 2.75) is 24.9 Å². The first kappa shape index (κ1) is 15.6. The summed E-state index contributed by atoms with van der Waals surface area (Å²) in [5, 5.41) is 0.855. The Morgan fingerprint density at radius 1 is 1.33 bits per heavy atom. The molecule has 1 aliphatic carbocycles. The van der Waals surface area contributed by atoms with Crippen molar-refractivity contribution in [1.29, 1.82) is 0 Å². The number of carbonyl (C=O) groups is 1. The first-order chi connectivity index (χ1) is 11.6. The van der Waals surface area contributed by atoms with E-state index in [1.54, 1.807) is 11.3 Å². The van der Waals surface area contributed by atoms with Gasteiger partial charge in [0.1, 0.15) is 5.69 Å². The zero-order valence-electron chi connectivity index (χ0n) is 14.0. The number of nitrogens with zero attached hydrogens (tertiary/aromatic N) is 3. The zero-order chi connectivity index (χ0) is 16.8. The van der Waals surface area contributed by atoms with Crippen molar-refractivity contribution in [2.75, 3.05) is 25.5 Å². The first-order valence-electron chi connectivity index (χ1n) is 8.36. The molecule has 126 valence electrons. The molecule has 0 spiro atoms. The molecule has 0 radical (unpaired) electrons. The minimum atomic E-state index is 0.0404. The van der Waals surface area contributed by atoms with Crippen molar-refractivity contribution in [3.8, 4) is 10.4 Å². The van der Waals surface area contributed by atoms with Gasteiger partial charge in [-0.15, -0.1) is 0 Å². The molecule has 1 saturated carbocycles. The quantitative estimate of drug-likeness (QED) is 0.927. The number of hydrogen-bond acceptors (Lipinski definition) is 5. The fourth-order valence-corrected chi connectivity index (χ4v) is 4.62. The number of piperidine rings is 1. The van der Waals surface area contributed by atoms with Gasteiger partial charge in [-0.2, -0.15) is 0 Å². The topological polar surface area (TPSA) is 62.5 Å². The molecule has 6 heteroatoms. The number of hydrogen-bond donors (Lipinski definition) is 1. The van der Waals surface area contributed by atoms with Gasteiger partial charge in [-0.1, -0.05) is 41.7 Å². The smallest absolute Gasteiger partial charge is 0.274 e. The Hall–Kier alpha value is -1.92. The molecule has 2 N–H and O–H groups in total. The Balaban J connectivity index is 1.75. The molecule has 5 nitrogen and oxygen atoms in total. The van der Waals surface area contributed by atoms with E-state index in [9.17, 15) is 4.79 Å². The van der Waals surface area contributed by atoms with Crippen LogP contribution < -0.4 is 10.6 Å². The second-order valence-electron chi connectivity index (χ2n) is 6.84. The molecule has 4 rings (SSSR count). The molecular formula is C18H22N4OS. The van der Waals surface area contributed by atoms with E-state index in [0.717, 1.165) is 28.4 Å². The molecule has 1 amide bonds. The summed E-state index contributed by atoms with van der Waals surface area (Å²) in [6.45, 7) is 0.532. The van der Waals surface area contributed by atoms with Crippen molar-refractivity contribution in [3.05, 3.63) is 36.0 Å². The number of aromatic nitrogens is 1. The summed E-state index contributed by atoms with van der Waals surface area (Å²) < 4.78 is 0. The van der Waals surface area contributed by atoms with Crippen LogP contribution in [0, 0.1) is 5.92 Å². The monoisotopic (exact) mass is 342 g/mol. The lowest BCUT2D eigenvalue weighted by atomic mass is 10.1. The van der Waals surface area contributed by atoms with E-state index >= 15 is 0 Å². The van der Waals surface area contributed by atoms with E-state index in [2.05, 4.69) is 4.98 Å². The van der Waals surface area contributed by atoms with Crippen LogP contribution in [0.15, 0.2) is 30.3 Å². The summed E-state index contributed by atoms with van der Waals surface area (Å²) in [7, 11) is 3.91. The number of carbonyl (C=O) groups excluding carboxylic acids is 1. The van der Waals surface area contributed by atoms with E-state index in [1.165, 1.54) is 0 Å². The normalized spacial score (nSPS) is 24.8. The lowest BCUT2D eigenvalue weighted by molar-refractivity contribution is 0.0701. The summed E-state index contributed by atoms with van der Waals surface area (Å²) in [6.07, 6.45) is 2.16. The maximum absolute atomic E-state index is 13.3. The first-order valence-corrected chi connectivity index (χ1v) is 9.18. The summed E-state index contributed by atoms with van der Waals surface area (Å²) >= 11 is 1.57. The minimum Gasteiger partial charge on any atom is -0.354 e. The molecule has 2 heterocycles. The second-order valence-corrected chi connectivity index (χ2v) is 7.81. The van der Waals surface area contributed by atoms with Crippen molar-refractivity contribution in [3.63, 3.8) is 0 Å². The van der Waals surface area contributed by atoms with E-state index in [0.29, 0.717) is 24.2 Å². The van der Waals surface area contributed by atoms with Gasteiger partial charge in [-0.05, 0) is 24.3 Å². The molecule has 0 unspecified atom stereocenters. The fourth-order valence-electron chi connectivity index (χ4n) is 3.64. The number of rotatable bonds is 4. The van der Waals surface area contributed by atoms with Crippen molar-refractivity contribution >= 4 is 22.4 Å².